The molecule has 0 amide bonds. The van der Waals surface area contributed by atoms with E-state index < -0.39 is 0 Å². The lowest BCUT2D eigenvalue weighted by Crippen LogP contribution is -1.99. The molecule has 2 nitrogen and oxygen atoms in total. The molecule has 0 atom stereocenters. The first-order valence-electron chi connectivity index (χ1n) is 5.89. The van der Waals surface area contributed by atoms with Gasteiger partial charge in [-0.05, 0) is 37.1 Å². The largest absolute Gasteiger partial charge is 0.487 e. The van der Waals surface area contributed by atoms with Crippen molar-refractivity contribution in [3.8, 4) is 5.75 Å². The lowest BCUT2D eigenvalue weighted by atomic mass is 10.1. The van der Waals surface area contributed by atoms with Gasteiger partial charge in [0.15, 0.2) is 0 Å². The van der Waals surface area contributed by atoms with Crippen LogP contribution in [0.4, 0.5) is 0 Å². The summed E-state index contributed by atoms with van der Waals surface area (Å²) in [6.07, 6.45) is 1.77. The first-order valence-corrected chi connectivity index (χ1v) is 7.01. The number of aromatic nitrogens is 1. The Hall–Kier alpha value is -1.35. The summed E-state index contributed by atoms with van der Waals surface area (Å²) in [6, 6.07) is 10.3. The maximum absolute atomic E-state index is 5.75. The second kappa shape index (κ2) is 6.01. The highest BCUT2D eigenvalue weighted by atomic mass is 79.9. The summed E-state index contributed by atoms with van der Waals surface area (Å²) in [5.41, 5.74) is 4.74. The van der Waals surface area contributed by atoms with Gasteiger partial charge in [0.1, 0.15) is 12.4 Å². The Balaban J connectivity index is 2.04. The van der Waals surface area contributed by atoms with Crippen molar-refractivity contribution in [1.29, 1.82) is 0 Å². The molecule has 0 fully saturated rings. The number of hydrogen-bond donors (Lipinski definition) is 0. The minimum Gasteiger partial charge on any atom is -0.487 e. The fourth-order valence-corrected chi connectivity index (χ4v) is 2.02. The first kappa shape index (κ1) is 13.1. The minimum absolute atomic E-state index is 0.586. The number of ether oxygens (including phenoxy) is 1. The predicted molar refractivity (Wildman–Crippen MR) is 77.1 cm³/mol. The second-order valence-corrected chi connectivity index (χ2v) is 4.90. The van der Waals surface area contributed by atoms with E-state index in [0.717, 1.165) is 16.8 Å². The summed E-state index contributed by atoms with van der Waals surface area (Å²) in [7, 11) is 0. The van der Waals surface area contributed by atoms with Crippen molar-refractivity contribution in [3.05, 3.63) is 58.9 Å². The molecule has 1 aromatic heterocycles. The molecule has 0 radical (unpaired) electrons. The SMILES string of the molecule is Cc1ccc(C)c(COc2ccc(CBr)nc2)c1. The molecule has 0 aliphatic rings. The number of benzene rings is 1. The topological polar surface area (TPSA) is 22.1 Å². The van der Waals surface area contributed by atoms with Crippen molar-refractivity contribution in [2.45, 2.75) is 25.8 Å². The van der Waals surface area contributed by atoms with Gasteiger partial charge in [-0.1, -0.05) is 39.7 Å². The van der Waals surface area contributed by atoms with E-state index in [4.69, 9.17) is 4.74 Å². The van der Waals surface area contributed by atoms with E-state index in [0.29, 0.717) is 6.61 Å². The number of nitrogens with zero attached hydrogens (tertiary/aromatic N) is 1. The second-order valence-electron chi connectivity index (χ2n) is 4.34. The average Bonchev–Trinajstić information content (AvgIpc) is 2.40. The van der Waals surface area contributed by atoms with Crippen LogP contribution in [0.25, 0.3) is 0 Å². The maximum atomic E-state index is 5.75. The minimum atomic E-state index is 0.586. The number of halogens is 1. The van der Waals surface area contributed by atoms with Crippen molar-refractivity contribution in [1.82, 2.24) is 4.98 Å². The number of pyridine rings is 1. The van der Waals surface area contributed by atoms with E-state index in [1.54, 1.807) is 6.20 Å². The van der Waals surface area contributed by atoms with Crippen LogP contribution in [0.3, 0.4) is 0 Å². The quantitative estimate of drug-likeness (QED) is 0.791. The number of aryl methyl sites for hydroxylation is 2. The molecular weight excluding hydrogens is 290 g/mol. The van der Waals surface area contributed by atoms with Crippen LogP contribution in [0, 0.1) is 13.8 Å². The number of rotatable bonds is 4. The van der Waals surface area contributed by atoms with E-state index >= 15 is 0 Å². The molecule has 0 aliphatic carbocycles. The summed E-state index contributed by atoms with van der Waals surface area (Å²) in [5.74, 6) is 0.806. The summed E-state index contributed by atoms with van der Waals surface area (Å²) >= 11 is 3.37. The van der Waals surface area contributed by atoms with Gasteiger partial charge in [0.2, 0.25) is 0 Å². The maximum Gasteiger partial charge on any atom is 0.138 e. The zero-order chi connectivity index (χ0) is 13.0. The van der Waals surface area contributed by atoms with E-state index in [9.17, 15) is 0 Å². The molecule has 3 heteroatoms. The molecule has 0 saturated carbocycles. The normalized spacial score (nSPS) is 10.4. The van der Waals surface area contributed by atoms with Crippen LogP contribution in [0.2, 0.25) is 0 Å². The molecule has 0 aliphatic heterocycles. The van der Waals surface area contributed by atoms with Crippen LogP contribution in [0.15, 0.2) is 36.5 Å². The highest BCUT2D eigenvalue weighted by Crippen LogP contribution is 2.16. The van der Waals surface area contributed by atoms with E-state index in [1.165, 1.54) is 16.7 Å². The summed E-state index contributed by atoms with van der Waals surface area (Å²) in [6.45, 7) is 4.78. The monoisotopic (exact) mass is 305 g/mol. The van der Waals surface area contributed by atoms with Crippen LogP contribution >= 0.6 is 15.9 Å². The van der Waals surface area contributed by atoms with E-state index in [1.807, 2.05) is 12.1 Å². The van der Waals surface area contributed by atoms with Crippen molar-refractivity contribution >= 4 is 15.9 Å². The molecule has 1 heterocycles. The molecule has 0 bridgehead atoms. The fraction of sp³-hybridized carbons (Fsp3) is 0.267. The zero-order valence-corrected chi connectivity index (χ0v) is 12.2. The molecule has 0 unspecified atom stereocenters. The van der Waals surface area contributed by atoms with Gasteiger partial charge in [0.05, 0.1) is 11.9 Å². The van der Waals surface area contributed by atoms with Gasteiger partial charge in [-0.3, -0.25) is 4.98 Å². The van der Waals surface area contributed by atoms with E-state index in [2.05, 4.69) is 53.0 Å². The van der Waals surface area contributed by atoms with Crippen LogP contribution < -0.4 is 4.74 Å². The third-order valence-electron chi connectivity index (χ3n) is 2.83. The van der Waals surface area contributed by atoms with E-state index in [-0.39, 0.29) is 0 Å². The third-order valence-corrected chi connectivity index (χ3v) is 3.41. The molecule has 0 spiro atoms. The molecular formula is C15H16BrNO. The van der Waals surface area contributed by atoms with Crippen molar-refractivity contribution in [2.75, 3.05) is 0 Å². The van der Waals surface area contributed by atoms with Crippen molar-refractivity contribution in [3.63, 3.8) is 0 Å². The molecule has 2 rings (SSSR count). The molecule has 0 N–H and O–H groups in total. The Morgan fingerprint density at radius 2 is 2.00 bits per heavy atom. The highest BCUT2D eigenvalue weighted by Gasteiger charge is 2.01. The predicted octanol–water partition coefficient (Wildman–Crippen LogP) is 4.17. The Kier molecular flexibility index (Phi) is 4.37. The van der Waals surface area contributed by atoms with Crippen LogP contribution in [-0.4, -0.2) is 4.98 Å². The number of alkyl halides is 1. The van der Waals surface area contributed by atoms with Crippen molar-refractivity contribution in [2.24, 2.45) is 0 Å². The van der Waals surface area contributed by atoms with Gasteiger partial charge in [0, 0.05) is 5.33 Å². The fourth-order valence-electron chi connectivity index (χ4n) is 1.69. The summed E-state index contributed by atoms with van der Waals surface area (Å²) in [4.78, 5) is 4.28. The third kappa shape index (κ3) is 3.33. The Morgan fingerprint density at radius 3 is 2.67 bits per heavy atom. The lowest BCUT2D eigenvalue weighted by molar-refractivity contribution is 0.304. The number of hydrogen-bond acceptors (Lipinski definition) is 2. The van der Waals surface area contributed by atoms with Gasteiger partial charge in [-0.25, -0.2) is 0 Å². The van der Waals surface area contributed by atoms with Gasteiger partial charge in [-0.15, -0.1) is 0 Å². The van der Waals surface area contributed by atoms with Crippen LogP contribution in [0.5, 0.6) is 5.75 Å². The first-order chi connectivity index (χ1) is 8.69. The van der Waals surface area contributed by atoms with Crippen LogP contribution in [0.1, 0.15) is 22.4 Å². The highest BCUT2D eigenvalue weighted by molar-refractivity contribution is 9.08. The van der Waals surface area contributed by atoms with Gasteiger partial charge < -0.3 is 4.74 Å². The Morgan fingerprint density at radius 1 is 1.17 bits per heavy atom. The van der Waals surface area contributed by atoms with Crippen LogP contribution in [-0.2, 0) is 11.9 Å². The molecule has 0 saturated heterocycles. The lowest BCUT2D eigenvalue weighted by Gasteiger charge is -2.09. The zero-order valence-electron chi connectivity index (χ0n) is 10.6. The van der Waals surface area contributed by atoms with Gasteiger partial charge >= 0.3 is 0 Å². The standard InChI is InChI=1S/C15H16BrNO/c1-11-3-4-12(2)13(7-11)10-18-15-6-5-14(8-16)17-9-15/h3-7,9H,8,10H2,1-2H3. The molecule has 2 aromatic rings. The summed E-state index contributed by atoms with van der Waals surface area (Å²) < 4.78 is 5.75. The Bertz CT molecular complexity index is 523. The summed E-state index contributed by atoms with van der Waals surface area (Å²) in [5, 5.41) is 0.768. The van der Waals surface area contributed by atoms with Gasteiger partial charge in [-0.2, -0.15) is 0 Å². The smallest absolute Gasteiger partial charge is 0.138 e. The molecule has 18 heavy (non-hydrogen) atoms. The van der Waals surface area contributed by atoms with Gasteiger partial charge in [0.25, 0.3) is 0 Å². The average molecular weight is 306 g/mol. The molecule has 94 valence electrons. The molecule has 1 aromatic carbocycles. The Labute approximate surface area is 116 Å². The van der Waals surface area contributed by atoms with Crippen molar-refractivity contribution < 1.29 is 4.74 Å².